The van der Waals surface area contributed by atoms with E-state index in [0.717, 1.165) is 0 Å². The third-order valence-corrected chi connectivity index (χ3v) is 5.40. The molecule has 2 heterocycles. The summed E-state index contributed by atoms with van der Waals surface area (Å²) >= 11 is 1.24. The van der Waals surface area contributed by atoms with Gasteiger partial charge >= 0.3 is 0 Å². The third kappa shape index (κ3) is 4.07. The number of para-hydroxylation sites is 1. The van der Waals surface area contributed by atoms with Crippen LogP contribution in [0, 0.1) is 0 Å². The second kappa shape index (κ2) is 8.16. The summed E-state index contributed by atoms with van der Waals surface area (Å²) in [5.41, 5.74) is 1.16. The van der Waals surface area contributed by atoms with Gasteiger partial charge in [0.25, 0.3) is 5.56 Å². The van der Waals surface area contributed by atoms with Crippen LogP contribution in [0.4, 0.5) is 5.69 Å². The minimum Gasteiger partial charge on any atom is -0.486 e. The van der Waals surface area contributed by atoms with Gasteiger partial charge in [-0.25, -0.2) is 4.98 Å². The number of ether oxygens (including phenoxy) is 2. The number of nitrogens with one attached hydrogen (secondary N) is 1. The van der Waals surface area contributed by atoms with Crippen LogP contribution in [-0.2, 0) is 4.79 Å². The standard InChI is InChI=1S/C21H21N3O4S/c1-13(2)24-20(26)15-5-3-4-6-16(15)23-21(24)29-12-19(25)22-14-7-8-17-18(11-14)28-10-9-27-17/h3-8,11,13H,9-10,12H2,1-2H3,(H,22,25). The fraction of sp³-hybridized carbons (Fsp3) is 0.286. The van der Waals surface area contributed by atoms with E-state index in [-0.39, 0.29) is 23.3 Å². The highest BCUT2D eigenvalue weighted by Crippen LogP contribution is 2.32. The van der Waals surface area contributed by atoms with Crippen molar-refractivity contribution >= 4 is 34.3 Å². The fourth-order valence-electron chi connectivity index (χ4n) is 3.13. The van der Waals surface area contributed by atoms with Crippen LogP contribution in [0.1, 0.15) is 19.9 Å². The summed E-state index contributed by atoms with van der Waals surface area (Å²) in [7, 11) is 0. The number of amides is 1. The smallest absolute Gasteiger partial charge is 0.262 e. The van der Waals surface area contributed by atoms with Crippen LogP contribution >= 0.6 is 11.8 Å². The van der Waals surface area contributed by atoms with E-state index in [1.165, 1.54) is 11.8 Å². The molecule has 0 bridgehead atoms. The maximum absolute atomic E-state index is 12.8. The molecule has 1 aliphatic heterocycles. The lowest BCUT2D eigenvalue weighted by molar-refractivity contribution is -0.113. The van der Waals surface area contributed by atoms with E-state index < -0.39 is 0 Å². The Hall–Kier alpha value is -3.00. The average molecular weight is 411 g/mol. The van der Waals surface area contributed by atoms with Gasteiger partial charge < -0.3 is 14.8 Å². The number of nitrogens with zero attached hydrogens (tertiary/aromatic N) is 2. The van der Waals surface area contributed by atoms with Gasteiger partial charge in [0.1, 0.15) is 13.2 Å². The number of benzene rings is 2. The Morgan fingerprint density at radius 3 is 2.72 bits per heavy atom. The number of rotatable bonds is 5. The zero-order chi connectivity index (χ0) is 20.4. The first kappa shape index (κ1) is 19.3. The van der Waals surface area contributed by atoms with Crippen molar-refractivity contribution in [2.75, 3.05) is 24.3 Å². The molecule has 0 fully saturated rings. The van der Waals surface area contributed by atoms with Gasteiger partial charge in [-0.2, -0.15) is 0 Å². The number of hydrogen-bond acceptors (Lipinski definition) is 6. The van der Waals surface area contributed by atoms with E-state index in [2.05, 4.69) is 10.3 Å². The summed E-state index contributed by atoms with van der Waals surface area (Å²) in [5.74, 6) is 1.23. The van der Waals surface area contributed by atoms with E-state index >= 15 is 0 Å². The van der Waals surface area contributed by atoms with E-state index in [1.807, 2.05) is 26.0 Å². The van der Waals surface area contributed by atoms with Crippen molar-refractivity contribution in [3.8, 4) is 11.5 Å². The minimum absolute atomic E-state index is 0.0667. The van der Waals surface area contributed by atoms with E-state index in [9.17, 15) is 9.59 Å². The molecule has 1 N–H and O–H groups in total. The van der Waals surface area contributed by atoms with Crippen LogP contribution in [-0.4, -0.2) is 34.4 Å². The zero-order valence-electron chi connectivity index (χ0n) is 16.2. The Morgan fingerprint density at radius 1 is 1.17 bits per heavy atom. The van der Waals surface area contributed by atoms with Crippen LogP contribution in [0.3, 0.4) is 0 Å². The average Bonchev–Trinajstić information content (AvgIpc) is 2.72. The summed E-state index contributed by atoms with van der Waals surface area (Å²) in [6.45, 7) is 4.86. The number of carbonyl (C=O) groups is 1. The molecule has 1 aliphatic rings. The molecular formula is C21H21N3O4S. The molecule has 150 valence electrons. The van der Waals surface area contributed by atoms with Crippen LogP contribution < -0.4 is 20.3 Å². The Labute approximate surface area is 172 Å². The SMILES string of the molecule is CC(C)n1c(SCC(=O)Nc2ccc3c(c2)OCCO3)nc2ccccc2c1=O. The maximum atomic E-state index is 12.8. The highest BCUT2D eigenvalue weighted by Gasteiger charge is 2.16. The lowest BCUT2D eigenvalue weighted by Gasteiger charge is -2.19. The highest BCUT2D eigenvalue weighted by molar-refractivity contribution is 7.99. The van der Waals surface area contributed by atoms with Gasteiger partial charge in [-0.15, -0.1) is 0 Å². The quantitative estimate of drug-likeness (QED) is 0.511. The number of carbonyl (C=O) groups excluding carboxylic acids is 1. The monoisotopic (exact) mass is 411 g/mol. The van der Waals surface area contributed by atoms with Crippen molar-refractivity contribution in [1.82, 2.24) is 9.55 Å². The van der Waals surface area contributed by atoms with E-state index in [0.29, 0.717) is 46.5 Å². The molecule has 7 nitrogen and oxygen atoms in total. The Kier molecular flexibility index (Phi) is 5.44. The summed E-state index contributed by atoms with van der Waals surface area (Å²) in [6.07, 6.45) is 0. The lowest BCUT2D eigenvalue weighted by Crippen LogP contribution is -2.25. The summed E-state index contributed by atoms with van der Waals surface area (Å²) in [4.78, 5) is 29.9. The molecule has 0 spiro atoms. The topological polar surface area (TPSA) is 82.5 Å². The predicted octanol–water partition coefficient (Wildman–Crippen LogP) is 3.48. The summed E-state index contributed by atoms with van der Waals surface area (Å²) < 4.78 is 12.7. The molecule has 4 rings (SSSR count). The molecule has 2 aromatic carbocycles. The van der Waals surface area contributed by atoms with Gasteiger partial charge in [-0.1, -0.05) is 23.9 Å². The van der Waals surface area contributed by atoms with Gasteiger partial charge in [0.05, 0.1) is 16.7 Å². The number of fused-ring (bicyclic) bond motifs is 2. The number of thioether (sulfide) groups is 1. The molecule has 1 amide bonds. The molecule has 0 radical (unpaired) electrons. The molecule has 0 saturated carbocycles. The minimum atomic E-state index is -0.190. The Balaban J connectivity index is 1.51. The number of anilines is 1. The first-order valence-electron chi connectivity index (χ1n) is 9.36. The molecule has 0 aliphatic carbocycles. The second-order valence-electron chi connectivity index (χ2n) is 6.88. The van der Waals surface area contributed by atoms with Crippen LogP contribution in [0.25, 0.3) is 10.9 Å². The van der Waals surface area contributed by atoms with Crippen molar-refractivity contribution in [2.45, 2.75) is 25.0 Å². The van der Waals surface area contributed by atoms with Crippen molar-refractivity contribution < 1.29 is 14.3 Å². The van der Waals surface area contributed by atoms with E-state index in [1.54, 1.807) is 34.9 Å². The van der Waals surface area contributed by atoms with Crippen LogP contribution in [0.15, 0.2) is 52.4 Å². The normalized spacial score (nSPS) is 12.9. The van der Waals surface area contributed by atoms with E-state index in [4.69, 9.17) is 9.47 Å². The van der Waals surface area contributed by atoms with Crippen molar-refractivity contribution in [1.29, 1.82) is 0 Å². The largest absolute Gasteiger partial charge is 0.486 e. The molecule has 0 saturated heterocycles. The van der Waals surface area contributed by atoms with Crippen LogP contribution in [0.2, 0.25) is 0 Å². The molecule has 0 unspecified atom stereocenters. The summed E-state index contributed by atoms with van der Waals surface area (Å²) in [5, 5.41) is 3.96. The van der Waals surface area contributed by atoms with Gasteiger partial charge in [-0.05, 0) is 38.1 Å². The van der Waals surface area contributed by atoms with Gasteiger partial charge in [0.2, 0.25) is 5.91 Å². The molecule has 29 heavy (non-hydrogen) atoms. The molecule has 1 aromatic heterocycles. The molecule has 8 heteroatoms. The van der Waals surface area contributed by atoms with Crippen molar-refractivity contribution in [3.05, 3.63) is 52.8 Å². The first-order valence-corrected chi connectivity index (χ1v) is 10.3. The third-order valence-electron chi connectivity index (χ3n) is 4.45. The van der Waals surface area contributed by atoms with Gasteiger partial charge in [0, 0.05) is 17.8 Å². The van der Waals surface area contributed by atoms with Crippen LogP contribution in [0.5, 0.6) is 11.5 Å². The second-order valence-corrected chi connectivity index (χ2v) is 7.82. The maximum Gasteiger partial charge on any atom is 0.262 e. The predicted molar refractivity (Wildman–Crippen MR) is 113 cm³/mol. The van der Waals surface area contributed by atoms with Gasteiger partial charge in [0.15, 0.2) is 16.7 Å². The fourth-order valence-corrected chi connectivity index (χ4v) is 4.06. The molecule has 3 aromatic rings. The Bertz CT molecular complexity index is 1130. The Morgan fingerprint density at radius 2 is 1.93 bits per heavy atom. The van der Waals surface area contributed by atoms with Crippen molar-refractivity contribution in [3.63, 3.8) is 0 Å². The zero-order valence-corrected chi connectivity index (χ0v) is 17.0. The number of aromatic nitrogens is 2. The molecule has 0 atom stereocenters. The van der Waals surface area contributed by atoms with Gasteiger partial charge in [-0.3, -0.25) is 14.2 Å². The summed E-state index contributed by atoms with van der Waals surface area (Å²) in [6, 6.07) is 12.5. The molecular weight excluding hydrogens is 390 g/mol. The first-order chi connectivity index (χ1) is 14.0. The number of hydrogen-bond donors (Lipinski definition) is 1. The highest BCUT2D eigenvalue weighted by atomic mass is 32.2. The van der Waals surface area contributed by atoms with Crippen molar-refractivity contribution in [2.24, 2.45) is 0 Å². The lowest BCUT2D eigenvalue weighted by atomic mass is 10.2.